The molecule has 0 bridgehead atoms. The number of hydrogen-bond donors (Lipinski definition) is 0. The van der Waals surface area contributed by atoms with Crippen LogP contribution >= 0.6 is 0 Å². The fraction of sp³-hybridized carbons (Fsp3) is 0.438. The first-order valence-electron chi connectivity index (χ1n) is 6.71. The summed E-state index contributed by atoms with van der Waals surface area (Å²) < 4.78 is 5.25. The van der Waals surface area contributed by atoms with Gasteiger partial charge in [-0.1, -0.05) is 36.4 Å². The lowest BCUT2D eigenvalue weighted by atomic mass is 9.74. The van der Waals surface area contributed by atoms with E-state index in [1.54, 1.807) is 0 Å². The van der Waals surface area contributed by atoms with Crippen molar-refractivity contribution in [1.29, 1.82) is 0 Å². The van der Waals surface area contributed by atoms with Crippen LogP contribution in [-0.2, 0) is 14.9 Å². The number of carbonyl (C=O) groups excluding carboxylic acids is 1. The Labute approximate surface area is 114 Å². The van der Waals surface area contributed by atoms with Crippen molar-refractivity contribution in [2.75, 3.05) is 20.2 Å². The van der Waals surface area contributed by atoms with Crippen molar-refractivity contribution in [2.45, 2.75) is 24.8 Å². The largest absolute Gasteiger partial charge is 0.465 e. The lowest BCUT2D eigenvalue weighted by Crippen LogP contribution is -2.46. The van der Waals surface area contributed by atoms with Gasteiger partial charge in [-0.25, -0.2) is 0 Å². The Hall–Kier alpha value is -1.61. The van der Waals surface area contributed by atoms with Gasteiger partial charge < -0.3 is 4.74 Å². The van der Waals surface area contributed by atoms with Crippen LogP contribution in [0.15, 0.2) is 43.0 Å². The number of ether oxygens (including phenoxy) is 1. The van der Waals surface area contributed by atoms with E-state index in [4.69, 9.17) is 4.74 Å². The highest BCUT2D eigenvalue weighted by Gasteiger charge is 2.49. The first-order chi connectivity index (χ1) is 9.15. The van der Waals surface area contributed by atoms with Crippen molar-refractivity contribution >= 4 is 5.97 Å². The summed E-state index contributed by atoms with van der Waals surface area (Å²) in [5.74, 6) is -0.161. The van der Waals surface area contributed by atoms with Crippen molar-refractivity contribution in [2.24, 2.45) is 0 Å². The van der Waals surface area contributed by atoms with Gasteiger partial charge in [0.1, 0.15) is 6.04 Å². The van der Waals surface area contributed by atoms with E-state index in [1.165, 1.54) is 0 Å². The van der Waals surface area contributed by atoms with Gasteiger partial charge in [0.2, 0.25) is 0 Å². The topological polar surface area (TPSA) is 29.5 Å². The first-order valence-corrected chi connectivity index (χ1v) is 6.71. The third kappa shape index (κ3) is 2.30. The van der Waals surface area contributed by atoms with Gasteiger partial charge >= 0.3 is 5.97 Å². The van der Waals surface area contributed by atoms with E-state index in [2.05, 4.69) is 23.6 Å². The van der Waals surface area contributed by atoms with E-state index in [0.29, 0.717) is 6.61 Å². The van der Waals surface area contributed by atoms with E-state index in [0.717, 1.165) is 18.5 Å². The highest BCUT2D eigenvalue weighted by atomic mass is 16.5. The molecule has 1 aliphatic rings. The molecule has 3 heteroatoms. The van der Waals surface area contributed by atoms with Gasteiger partial charge in [0.25, 0.3) is 0 Å². The predicted octanol–water partition coefficient (Wildman–Crippen LogP) is 2.38. The molecule has 1 fully saturated rings. The minimum atomic E-state index is -0.345. The molecule has 0 aliphatic carbocycles. The Balaban J connectivity index is 2.43. The minimum Gasteiger partial charge on any atom is -0.465 e. The maximum Gasteiger partial charge on any atom is 0.324 e. The molecule has 0 saturated carbocycles. The number of nitrogens with zero attached hydrogens (tertiary/aromatic N) is 1. The second-order valence-electron chi connectivity index (χ2n) is 5.00. The van der Waals surface area contributed by atoms with Crippen LogP contribution in [0.5, 0.6) is 0 Å². The molecule has 2 unspecified atom stereocenters. The zero-order valence-corrected chi connectivity index (χ0v) is 11.6. The molecule has 0 radical (unpaired) electrons. The van der Waals surface area contributed by atoms with E-state index in [9.17, 15) is 4.79 Å². The van der Waals surface area contributed by atoms with Gasteiger partial charge in [-0.05, 0) is 32.5 Å². The van der Waals surface area contributed by atoms with Crippen molar-refractivity contribution in [1.82, 2.24) is 4.90 Å². The molecular formula is C16H21NO2. The van der Waals surface area contributed by atoms with Crippen LogP contribution in [-0.4, -0.2) is 37.1 Å². The molecule has 1 aromatic rings. The number of likely N-dealkylation sites (tertiary alicyclic amines) is 1. The van der Waals surface area contributed by atoms with Gasteiger partial charge in [0.15, 0.2) is 0 Å². The summed E-state index contributed by atoms with van der Waals surface area (Å²) in [5.41, 5.74) is 0.787. The Morgan fingerprint density at radius 1 is 1.53 bits per heavy atom. The van der Waals surface area contributed by atoms with Gasteiger partial charge in [-0.2, -0.15) is 0 Å². The predicted molar refractivity (Wildman–Crippen MR) is 76.0 cm³/mol. The van der Waals surface area contributed by atoms with Gasteiger partial charge in [0, 0.05) is 5.41 Å². The fourth-order valence-corrected chi connectivity index (χ4v) is 3.01. The van der Waals surface area contributed by atoms with E-state index >= 15 is 0 Å². The summed E-state index contributed by atoms with van der Waals surface area (Å²) in [6.45, 7) is 7.10. The second-order valence-corrected chi connectivity index (χ2v) is 5.00. The molecule has 1 heterocycles. The van der Waals surface area contributed by atoms with Gasteiger partial charge in [0.05, 0.1) is 6.61 Å². The van der Waals surface area contributed by atoms with Crippen LogP contribution < -0.4 is 0 Å². The smallest absolute Gasteiger partial charge is 0.324 e. The molecule has 2 atom stereocenters. The summed E-state index contributed by atoms with van der Waals surface area (Å²) in [4.78, 5) is 14.4. The van der Waals surface area contributed by atoms with Crippen molar-refractivity contribution in [3.8, 4) is 0 Å². The van der Waals surface area contributed by atoms with Crippen LogP contribution in [0, 0.1) is 0 Å². The van der Waals surface area contributed by atoms with Gasteiger partial charge in [-0.3, -0.25) is 9.69 Å². The van der Waals surface area contributed by atoms with E-state index in [1.807, 2.05) is 38.2 Å². The fourth-order valence-electron chi connectivity index (χ4n) is 3.01. The molecule has 3 nitrogen and oxygen atoms in total. The van der Waals surface area contributed by atoms with E-state index < -0.39 is 0 Å². The number of benzene rings is 1. The summed E-state index contributed by atoms with van der Waals surface area (Å²) >= 11 is 0. The quantitative estimate of drug-likeness (QED) is 0.614. The lowest BCUT2D eigenvalue weighted by Gasteiger charge is -2.33. The average Bonchev–Trinajstić information content (AvgIpc) is 2.78. The van der Waals surface area contributed by atoms with Crippen molar-refractivity contribution < 1.29 is 9.53 Å². The summed E-state index contributed by atoms with van der Waals surface area (Å²) in [6, 6.07) is 9.83. The van der Waals surface area contributed by atoms with Gasteiger partial charge in [-0.15, -0.1) is 6.58 Å². The highest BCUT2D eigenvalue weighted by Crippen LogP contribution is 2.41. The molecule has 0 aromatic heterocycles. The number of rotatable bonds is 4. The van der Waals surface area contributed by atoms with Crippen molar-refractivity contribution in [3.05, 3.63) is 48.6 Å². The lowest BCUT2D eigenvalue weighted by molar-refractivity contribution is -0.149. The minimum absolute atomic E-state index is 0.161. The van der Waals surface area contributed by atoms with Crippen LogP contribution in [0.3, 0.4) is 0 Å². The Morgan fingerprint density at radius 3 is 2.79 bits per heavy atom. The van der Waals surface area contributed by atoms with Crippen LogP contribution in [0.1, 0.15) is 18.9 Å². The van der Waals surface area contributed by atoms with Crippen molar-refractivity contribution in [3.63, 3.8) is 0 Å². The zero-order valence-electron chi connectivity index (χ0n) is 11.6. The van der Waals surface area contributed by atoms with Crippen LogP contribution in [0.2, 0.25) is 0 Å². The maximum absolute atomic E-state index is 12.3. The average molecular weight is 259 g/mol. The number of likely N-dealkylation sites (N-methyl/N-ethyl adjacent to an activating group) is 1. The second kappa shape index (κ2) is 5.57. The maximum atomic E-state index is 12.3. The molecule has 1 saturated heterocycles. The Bertz CT molecular complexity index is 457. The molecule has 19 heavy (non-hydrogen) atoms. The third-order valence-electron chi connectivity index (χ3n) is 3.99. The summed E-state index contributed by atoms with van der Waals surface area (Å²) in [6.07, 6.45) is 2.80. The summed E-state index contributed by atoms with van der Waals surface area (Å²) in [5, 5.41) is 0. The Kier molecular flexibility index (Phi) is 4.05. The Morgan fingerprint density at radius 2 is 2.21 bits per heavy atom. The standard InChI is InChI=1S/C16H21NO2/c1-4-16(13-9-7-6-8-10-13)11-12-17(3)14(16)15(18)19-5-2/h4,6-10,14H,1,5,11-12H2,2-3H3. The number of esters is 1. The molecule has 1 aromatic carbocycles. The SMILES string of the molecule is C=CC1(c2ccccc2)CCN(C)C1C(=O)OCC. The zero-order chi connectivity index (χ0) is 13.9. The molecular weight excluding hydrogens is 238 g/mol. The van der Waals surface area contributed by atoms with Crippen LogP contribution in [0.4, 0.5) is 0 Å². The highest BCUT2D eigenvalue weighted by molar-refractivity contribution is 5.79. The monoisotopic (exact) mass is 259 g/mol. The number of carbonyl (C=O) groups is 1. The molecule has 102 valence electrons. The summed E-state index contributed by atoms with van der Waals surface area (Å²) in [7, 11) is 1.97. The molecule has 0 amide bonds. The third-order valence-corrected chi connectivity index (χ3v) is 3.99. The molecule has 1 aliphatic heterocycles. The van der Waals surface area contributed by atoms with Crippen LogP contribution in [0.25, 0.3) is 0 Å². The number of hydrogen-bond acceptors (Lipinski definition) is 3. The van der Waals surface area contributed by atoms with E-state index in [-0.39, 0.29) is 17.4 Å². The normalized spacial score (nSPS) is 27.2. The molecule has 0 N–H and O–H groups in total. The molecule has 0 spiro atoms. The molecule has 2 rings (SSSR count). The first kappa shape index (κ1) is 13.8.